The number of hydrogen-bond acceptors (Lipinski definition) is 2. The van der Waals surface area contributed by atoms with E-state index in [0.717, 1.165) is 0 Å². The van der Waals surface area contributed by atoms with E-state index < -0.39 is 0 Å². The molecule has 0 unspecified atom stereocenters. The number of likely N-dealkylation sites (N-methyl/N-ethyl adjacent to an activating group) is 1. The first-order chi connectivity index (χ1) is 9.90. The fourth-order valence-electron chi connectivity index (χ4n) is 3.19. The highest BCUT2D eigenvalue weighted by molar-refractivity contribution is 6.03. The maximum Gasteiger partial charge on any atom is 0.279 e. The molecule has 4 heteroatoms. The number of hydrogen-bond donors (Lipinski definition) is 1. The Morgan fingerprint density at radius 2 is 1.81 bits per heavy atom. The lowest BCUT2D eigenvalue weighted by Crippen LogP contribution is -2.51. The van der Waals surface area contributed by atoms with Gasteiger partial charge in [0.25, 0.3) is 5.91 Å². The minimum absolute atomic E-state index is 0.0272. The molecular weight excluding hydrogens is 264 g/mol. The summed E-state index contributed by atoms with van der Waals surface area (Å²) in [7, 11) is 4.24. The first-order valence-corrected chi connectivity index (χ1v) is 7.62. The number of amides is 1. The maximum atomic E-state index is 12.3. The summed E-state index contributed by atoms with van der Waals surface area (Å²) in [6.07, 6.45) is 4.93. The minimum atomic E-state index is -0.0320. The van der Waals surface area contributed by atoms with Gasteiger partial charge in [0.2, 0.25) is 0 Å². The van der Waals surface area contributed by atoms with Gasteiger partial charge in [-0.3, -0.25) is 9.59 Å². The van der Waals surface area contributed by atoms with Crippen LogP contribution in [0.3, 0.4) is 0 Å². The van der Waals surface area contributed by atoms with Crippen LogP contribution in [0, 0.1) is 0 Å². The average molecular weight is 289 g/mol. The lowest BCUT2D eigenvalue weighted by Gasteiger charge is -2.35. The topological polar surface area (TPSA) is 46.2 Å². The van der Waals surface area contributed by atoms with Gasteiger partial charge in [-0.25, -0.2) is 0 Å². The number of carbonyl (C=O) groups excluding carboxylic acids is 2. The highest BCUT2D eigenvalue weighted by Gasteiger charge is 2.33. The summed E-state index contributed by atoms with van der Waals surface area (Å²) in [5.41, 5.74) is 1.18. The van der Waals surface area contributed by atoms with Gasteiger partial charge in [-0.1, -0.05) is 12.1 Å². The lowest BCUT2D eigenvalue weighted by molar-refractivity contribution is -0.906. The standard InChI is InChI=1S/C17H24N2O2/c1-13(20)15-10-6-7-11-16(15)18-17(21)12-19(2,3)14-8-4-5-9-14/h6-7,10-11,14H,4-5,8-9,12H2,1-3H3/p+1. The number of nitrogens with zero attached hydrogens (tertiary/aromatic N) is 1. The molecule has 0 aliphatic heterocycles. The van der Waals surface area contributed by atoms with Crippen LogP contribution in [0.5, 0.6) is 0 Å². The zero-order valence-electron chi connectivity index (χ0n) is 13.2. The van der Waals surface area contributed by atoms with Crippen molar-refractivity contribution in [3.05, 3.63) is 29.8 Å². The molecular formula is C17H25N2O2+. The fourth-order valence-corrected chi connectivity index (χ4v) is 3.19. The van der Waals surface area contributed by atoms with Crippen LogP contribution in [0.25, 0.3) is 0 Å². The van der Waals surface area contributed by atoms with Crippen molar-refractivity contribution in [1.29, 1.82) is 0 Å². The molecule has 0 bridgehead atoms. The molecule has 0 aromatic heterocycles. The smallest absolute Gasteiger partial charge is 0.279 e. The summed E-state index contributed by atoms with van der Waals surface area (Å²) in [6.45, 7) is 1.96. The Bertz CT molecular complexity index is 531. The number of ketones is 1. The Morgan fingerprint density at radius 3 is 2.43 bits per heavy atom. The van der Waals surface area contributed by atoms with Gasteiger partial charge in [-0.2, -0.15) is 0 Å². The quantitative estimate of drug-likeness (QED) is 0.669. The molecule has 1 aromatic rings. The Kier molecular flexibility index (Phi) is 4.78. The first kappa shape index (κ1) is 15.7. The van der Waals surface area contributed by atoms with Gasteiger partial charge >= 0.3 is 0 Å². The second-order valence-electron chi connectivity index (χ2n) is 6.52. The molecule has 114 valence electrons. The molecule has 0 saturated heterocycles. The van der Waals surface area contributed by atoms with Gasteiger partial charge < -0.3 is 9.80 Å². The van der Waals surface area contributed by atoms with Crippen molar-refractivity contribution in [2.24, 2.45) is 0 Å². The predicted octanol–water partition coefficient (Wildman–Crippen LogP) is 2.85. The average Bonchev–Trinajstić information content (AvgIpc) is 2.92. The number of nitrogens with one attached hydrogen (secondary N) is 1. The fraction of sp³-hybridized carbons (Fsp3) is 0.529. The van der Waals surface area contributed by atoms with Crippen molar-refractivity contribution in [2.45, 2.75) is 38.6 Å². The predicted molar refractivity (Wildman–Crippen MR) is 84.3 cm³/mol. The number of anilines is 1. The molecule has 1 aromatic carbocycles. The van der Waals surface area contributed by atoms with Crippen molar-refractivity contribution < 1.29 is 14.1 Å². The van der Waals surface area contributed by atoms with Crippen molar-refractivity contribution in [2.75, 3.05) is 26.0 Å². The van der Waals surface area contributed by atoms with E-state index in [1.807, 2.05) is 12.1 Å². The van der Waals surface area contributed by atoms with E-state index in [1.165, 1.54) is 32.6 Å². The van der Waals surface area contributed by atoms with E-state index in [0.29, 0.717) is 28.3 Å². The van der Waals surface area contributed by atoms with Crippen LogP contribution in [0.15, 0.2) is 24.3 Å². The molecule has 2 rings (SSSR count). The van der Waals surface area contributed by atoms with Crippen molar-refractivity contribution >= 4 is 17.4 Å². The third-order valence-electron chi connectivity index (χ3n) is 4.44. The van der Waals surface area contributed by atoms with Crippen LogP contribution in [0.1, 0.15) is 43.0 Å². The van der Waals surface area contributed by atoms with Crippen molar-refractivity contribution in [1.82, 2.24) is 0 Å². The van der Waals surface area contributed by atoms with Crippen LogP contribution in [0.4, 0.5) is 5.69 Å². The van der Waals surface area contributed by atoms with E-state index in [1.54, 1.807) is 12.1 Å². The van der Waals surface area contributed by atoms with E-state index in [4.69, 9.17) is 0 Å². The summed E-state index contributed by atoms with van der Waals surface area (Å²) in [4.78, 5) is 23.9. The van der Waals surface area contributed by atoms with Crippen LogP contribution in [-0.2, 0) is 4.79 Å². The van der Waals surface area contributed by atoms with E-state index >= 15 is 0 Å². The van der Waals surface area contributed by atoms with Gasteiger partial charge in [0, 0.05) is 5.56 Å². The number of rotatable bonds is 5. The molecule has 1 amide bonds. The molecule has 1 aliphatic carbocycles. The van der Waals surface area contributed by atoms with E-state index in [2.05, 4.69) is 19.4 Å². The summed E-state index contributed by atoms with van der Waals surface area (Å²) in [5, 5.41) is 2.90. The van der Waals surface area contributed by atoms with Gasteiger partial charge in [0.05, 0.1) is 25.8 Å². The number of quaternary nitrogens is 1. The Labute approximate surface area is 126 Å². The van der Waals surface area contributed by atoms with Crippen LogP contribution in [0.2, 0.25) is 0 Å². The van der Waals surface area contributed by atoms with Gasteiger partial charge in [0.1, 0.15) is 0 Å². The van der Waals surface area contributed by atoms with Gasteiger partial charge in [0.15, 0.2) is 12.3 Å². The number of para-hydroxylation sites is 1. The molecule has 1 saturated carbocycles. The highest BCUT2D eigenvalue weighted by atomic mass is 16.2. The summed E-state index contributed by atoms with van der Waals surface area (Å²) >= 11 is 0. The van der Waals surface area contributed by atoms with Crippen LogP contribution < -0.4 is 5.32 Å². The first-order valence-electron chi connectivity index (χ1n) is 7.62. The largest absolute Gasteiger partial charge is 0.320 e. The number of carbonyl (C=O) groups is 2. The molecule has 1 fully saturated rings. The third-order valence-corrected chi connectivity index (χ3v) is 4.44. The van der Waals surface area contributed by atoms with E-state index in [-0.39, 0.29) is 11.7 Å². The minimum Gasteiger partial charge on any atom is -0.320 e. The molecule has 0 atom stereocenters. The van der Waals surface area contributed by atoms with Crippen LogP contribution in [-0.4, -0.2) is 42.9 Å². The number of benzene rings is 1. The SMILES string of the molecule is CC(=O)c1ccccc1NC(=O)C[N+](C)(C)C1CCCC1. The molecule has 0 spiro atoms. The Morgan fingerprint density at radius 1 is 1.19 bits per heavy atom. The van der Waals surface area contributed by atoms with Gasteiger partial charge in [-0.15, -0.1) is 0 Å². The third kappa shape index (κ3) is 3.91. The normalized spacial score (nSPS) is 16.0. The Hall–Kier alpha value is -1.68. The highest BCUT2D eigenvalue weighted by Crippen LogP contribution is 2.26. The molecule has 1 N–H and O–H groups in total. The van der Waals surface area contributed by atoms with Gasteiger partial charge in [-0.05, 0) is 44.7 Å². The van der Waals surface area contributed by atoms with Crippen molar-refractivity contribution in [3.8, 4) is 0 Å². The lowest BCUT2D eigenvalue weighted by atomic mass is 10.1. The molecule has 4 nitrogen and oxygen atoms in total. The zero-order chi connectivity index (χ0) is 15.5. The summed E-state index contributed by atoms with van der Waals surface area (Å²) in [5.74, 6) is -0.0592. The van der Waals surface area contributed by atoms with E-state index in [9.17, 15) is 9.59 Å². The summed E-state index contributed by atoms with van der Waals surface area (Å²) in [6, 6.07) is 7.74. The number of Topliss-reactive ketones (excluding diaryl/α,β-unsaturated/α-hetero) is 1. The zero-order valence-corrected chi connectivity index (χ0v) is 13.2. The molecule has 1 aliphatic rings. The Balaban J connectivity index is 2.03. The second-order valence-corrected chi connectivity index (χ2v) is 6.52. The maximum absolute atomic E-state index is 12.3. The second kappa shape index (κ2) is 6.39. The monoisotopic (exact) mass is 289 g/mol. The van der Waals surface area contributed by atoms with Crippen molar-refractivity contribution in [3.63, 3.8) is 0 Å². The van der Waals surface area contributed by atoms with Crippen LogP contribution >= 0.6 is 0 Å². The molecule has 0 radical (unpaired) electrons. The molecule has 21 heavy (non-hydrogen) atoms. The molecule has 0 heterocycles. The summed E-state index contributed by atoms with van der Waals surface area (Å²) < 4.78 is 0.716.